The van der Waals surface area contributed by atoms with Crippen molar-refractivity contribution in [3.63, 3.8) is 0 Å². The van der Waals surface area contributed by atoms with Crippen LogP contribution in [0.3, 0.4) is 0 Å². The molecule has 1 unspecified atom stereocenters. The van der Waals surface area contributed by atoms with Crippen LogP contribution in [0.2, 0.25) is 0 Å². The van der Waals surface area contributed by atoms with Gasteiger partial charge in [-0.25, -0.2) is 9.36 Å². The molecule has 0 spiro atoms. The van der Waals surface area contributed by atoms with E-state index in [1.165, 1.54) is 6.92 Å². The third-order valence-corrected chi connectivity index (χ3v) is 1.75. The van der Waals surface area contributed by atoms with Gasteiger partial charge in [0.15, 0.2) is 0 Å². The molecule has 13 heteroatoms. The Bertz CT molecular complexity index is 285. The average Bonchev–Trinajstić information content (AvgIpc) is 2.00. The quantitative estimate of drug-likeness (QED) is 0.362. The zero-order valence-electron chi connectivity index (χ0n) is 8.64. The highest BCUT2D eigenvalue weighted by atomic mass is 31.2. The van der Waals surface area contributed by atoms with E-state index in [4.69, 9.17) is 29.1 Å². The topological polar surface area (TPSA) is 210 Å². The smallest absolute Gasteiger partial charge is 0.415 e. The van der Waals surface area contributed by atoms with Gasteiger partial charge in [-0.3, -0.25) is 9.36 Å². The largest absolute Gasteiger partial charge is 0.465 e. The van der Waals surface area contributed by atoms with Gasteiger partial charge in [0.1, 0.15) is 0 Å². The van der Waals surface area contributed by atoms with Crippen LogP contribution >= 0.6 is 15.9 Å². The first-order chi connectivity index (χ1) is 7.47. The summed E-state index contributed by atoms with van der Waals surface area (Å²) in [5.41, 5.74) is 7.19. The fourth-order valence-corrected chi connectivity index (χ4v) is 0.716. The fourth-order valence-electron chi connectivity index (χ4n) is 0.239. The minimum atomic E-state index is -4.13. The Hall–Kier alpha value is -0.960. The highest BCUT2D eigenvalue weighted by Gasteiger charge is 2.26. The summed E-state index contributed by atoms with van der Waals surface area (Å²) in [6.45, 7) is 1.49. The molecule has 2 amide bonds. The molecular weight excluding hydrogens is 282 g/mol. The molecule has 0 bridgehead atoms. The lowest BCUT2D eigenvalue weighted by Crippen LogP contribution is -2.10. The van der Waals surface area contributed by atoms with Gasteiger partial charge < -0.3 is 35.8 Å². The molecule has 0 aromatic heterocycles. The average molecular weight is 296 g/mol. The lowest BCUT2D eigenvalue weighted by atomic mass is 10.9. The van der Waals surface area contributed by atoms with Gasteiger partial charge in [0.25, 0.3) is 0 Å². The summed E-state index contributed by atoms with van der Waals surface area (Å²) in [6, 6.07) is 0. The second-order valence-electron chi connectivity index (χ2n) is 1.90. The third kappa shape index (κ3) is 31.3. The molecule has 0 fully saturated rings. The monoisotopic (exact) mass is 296 g/mol. The summed E-state index contributed by atoms with van der Waals surface area (Å²) < 4.78 is 23.2. The minimum absolute atomic E-state index is 0.00326. The summed E-state index contributed by atoms with van der Waals surface area (Å²) in [6.07, 6.45) is -1.33. The van der Waals surface area contributed by atoms with Crippen LogP contribution in [0, 0.1) is 0 Å². The van der Waals surface area contributed by atoms with Gasteiger partial charge in [0.2, 0.25) is 0 Å². The Kier molecular flexibility index (Phi) is 14.5. The van der Waals surface area contributed by atoms with Crippen molar-refractivity contribution in [1.82, 2.24) is 0 Å². The molecule has 104 valence electrons. The van der Waals surface area contributed by atoms with Crippen molar-refractivity contribution in [2.75, 3.05) is 6.61 Å². The van der Waals surface area contributed by atoms with Crippen molar-refractivity contribution in [2.45, 2.75) is 6.92 Å². The Labute approximate surface area is 96.5 Å². The number of carbonyl (C=O) groups excluding carboxylic acids is 1. The molecule has 17 heavy (non-hydrogen) atoms. The number of nitrogens with two attached hydrogens (primary N) is 2. The van der Waals surface area contributed by atoms with E-state index in [1.807, 2.05) is 0 Å². The summed E-state index contributed by atoms with van der Waals surface area (Å²) in [5.74, 6) is 0. The molecule has 8 N–H and O–H groups in total. The molecule has 0 aliphatic rings. The molecular formula is C4H14N2O9P2. The van der Waals surface area contributed by atoms with E-state index >= 15 is 0 Å². The van der Waals surface area contributed by atoms with Crippen LogP contribution in [0.25, 0.3) is 0 Å². The maximum atomic E-state index is 10.4. The van der Waals surface area contributed by atoms with Gasteiger partial charge in [-0.2, -0.15) is 0 Å². The summed E-state index contributed by atoms with van der Waals surface area (Å²) >= 11 is 0. The Morgan fingerprint density at radius 2 is 1.59 bits per heavy atom. The second kappa shape index (κ2) is 11.5. The van der Waals surface area contributed by atoms with Crippen molar-refractivity contribution in [3.05, 3.63) is 0 Å². The van der Waals surface area contributed by atoms with E-state index in [-0.39, 0.29) is 6.61 Å². The maximum Gasteiger partial charge on any atom is 0.415 e. The fraction of sp³-hybridized carbons (Fsp3) is 0.500. The lowest BCUT2D eigenvalue weighted by molar-refractivity contribution is 0.205. The third-order valence-electron chi connectivity index (χ3n) is 0.583. The number of rotatable bonds is 3. The summed E-state index contributed by atoms with van der Waals surface area (Å²) in [5, 5.41) is 7.19. The molecule has 0 rings (SSSR count). The second-order valence-corrected chi connectivity index (χ2v) is 4.20. The van der Waals surface area contributed by atoms with Crippen molar-refractivity contribution >= 4 is 27.6 Å². The summed E-state index contributed by atoms with van der Waals surface area (Å²) in [7, 11) is -7.26. The van der Waals surface area contributed by atoms with Crippen LogP contribution in [0.5, 0.6) is 0 Å². The van der Waals surface area contributed by atoms with Crippen LogP contribution in [-0.4, -0.2) is 38.1 Å². The number of primary amides is 2. The highest BCUT2D eigenvalue weighted by molar-refractivity contribution is 7.70. The number of amides is 2. The highest BCUT2D eigenvalue weighted by Crippen LogP contribution is 2.40. The molecule has 0 radical (unpaired) electrons. The van der Waals surface area contributed by atoms with Crippen LogP contribution in [0.15, 0.2) is 0 Å². The number of carboxylic acid groups (broad SMARTS) is 1. The standard InChI is InChI=1S/C3H8NO4P.CH3NO2.H3O3P/c1-2-8-9(6,7)3(4)5;2-1(3)4;1-4(2)3/h2H2,1H3,(H2,4,5)(H,6,7);2H2,(H,3,4);4H,(H2,1,2,3). The van der Waals surface area contributed by atoms with Gasteiger partial charge in [-0.05, 0) is 6.92 Å². The maximum absolute atomic E-state index is 10.4. The predicted molar refractivity (Wildman–Crippen MR) is 56.7 cm³/mol. The molecule has 0 aliphatic heterocycles. The van der Waals surface area contributed by atoms with Crippen LogP contribution < -0.4 is 11.5 Å². The minimum Gasteiger partial charge on any atom is -0.465 e. The van der Waals surface area contributed by atoms with E-state index in [9.17, 15) is 9.36 Å². The SMILES string of the molecule is CCOP(=O)(O)C(N)=O.NC(=O)O.O=[PH](O)O. The van der Waals surface area contributed by atoms with E-state index in [1.54, 1.807) is 0 Å². The number of hydrogen-bond donors (Lipinski definition) is 6. The molecule has 0 aromatic rings. The van der Waals surface area contributed by atoms with Gasteiger partial charge in [-0.1, -0.05) is 0 Å². The van der Waals surface area contributed by atoms with Crippen LogP contribution in [-0.2, 0) is 13.7 Å². The van der Waals surface area contributed by atoms with E-state index < -0.39 is 27.6 Å². The Balaban J connectivity index is -0.000000205. The van der Waals surface area contributed by atoms with Gasteiger partial charge in [-0.15, -0.1) is 0 Å². The van der Waals surface area contributed by atoms with Gasteiger partial charge in [0, 0.05) is 0 Å². The molecule has 11 nitrogen and oxygen atoms in total. The molecule has 0 aromatic carbocycles. The Morgan fingerprint density at radius 1 is 1.35 bits per heavy atom. The molecule has 0 heterocycles. The van der Waals surface area contributed by atoms with Crippen molar-refractivity contribution in [2.24, 2.45) is 11.5 Å². The predicted octanol–water partition coefficient (Wildman–Crippen LogP) is -0.729. The van der Waals surface area contributed by atoms with E-state index in [0.29, 0.717) is 0 Å². The molecule has 0 aliphatic carbocycles. The normalized spacial score (nSPS) is 12.3. The molecule has 0 saturated heterocycles. The zero-order valence-corrected chi connectivity index (χ0v) is 10.5. The first kappa shape index (κ1) is 21.3. The summed E-state index contributed by atoms with van der Waals surface area (Å²) in [4.78, 5) is 41.5. The van der Waals surface area contributed by atoms with Crippen LogP contribution in [0.4, 0.5) is 9.59 Å². The molecule has 1 atom stereocenters. The lowest BCUT2D eigenvalue weighted by Gasteiger charge is -2.03. The van der Waals surface area contributed by atoms with Gasteiger partial charge >= 0.3 is 27.6 Å². The zero-order chi connectivity index (χ0) is 14.6. The van der Waals surface area contributed by atoms with Crippen molar-refractivity contribution in [3.8, 4) is 0 Å². The number of carbonyl (C=O) groups is 2. The Morgan fingerprint density at radius 3 is 1.65 bits per heavy atom. The van der Waals surface area contributed by atoms with Crippen molar-refractivity contribution < 1.29 is 43.0 Å². The van der Waals surface area contributed by atoms with E-state index in [2.05, 4.69) is 16.0 Å². The van der Waals surface area contributed by atoms with Crippen molar-refractivity contribution in [1.29, 1.82) is 0 Å². The van der Waals surface area contributed by atoms with Gasteiger partial charge in [0.05, 0.1) is 6.61 Å². The first-order valence-corrected chi connectivity index (χ1v) is 6.53. The van der Waals surface area contributed by atoms with Crippen LogP contribution in [0.1, 0.15) is 6.92 Å². The molecule has 0 saturated carbocycles. The van der Waals surface area contributed by atoms with E-state index in [0.717, 1.165) is 0 Å². The number of hydrogen-bond acceptors (Lipinski definition) is 5. The first-order valence-electron chi connectivity index (χ1n) is 3.65.